The van der Waals surface area contributed by atoms with Crippen LogP contribution in [0.25, 0.3) is 0 Å². The summed E-state index contributed by atoms with van der Waals surface area (Å²) in [6.07, 6.45) is 2.82. The van der Waals surface area contributed by atoms with Crippen LogP contribution in [-0.4, -0.2) is 26.5 Å². The third kappa shape index (κ3) is 4.57. The van der Waals surface area contributed by atoms with Crippen LogP contribution in [-0.2, 0) is 10.0 Å². The van der Waals surface area contributed by atoms with Crippen LogP contribution in [0.1, 0.15) is 13.3 Å². The fourth-order valence-corrected chi connectivity index (χ4v) is 3.20. The average molecular weight is 274 g/mol. The van der Waals surface area contributed by atoms with E-state index in [0.717, 1.165) is 12.2 Å². The Morgan fingerprint density at radius 3 is 2.47 bits per heavy atom. The molecule has 1 aromatic carbocycles. The van der Waals surface area contributed by atoms with E-state index in [9.17, 15) is 8.42 Å². The van der Waals surface area contributed by atoms with Crippen molar-refractivity contribution in [3.8, 4) is 0 Å². The van der Waals surface area contributed by atoms with Crippen molar-refractivity contribution in [3.05, 3.63) is 24.3 Å². The Balaban J connectivity index is 2.71. The van der Waals surface area contributed by atoms with Gasteiger partial charge in [-0.15, -0.1) is 0 Å². The van der Waals surface area contributed by atoms with Crippen LogP contribution < -0.4 is 10.5 Å². The van der Waals surface area contributed by atoms with Gasteiger partial charge in [-0.3, -0.25) is 0 Å². The maximum absolute atomic E-state index is 12.0. The van der Waals surface area contributed by atoms with Crippen molar-refractivity contribution in [1.82, 2.24) is 4.72 Å². The Morgan fingerprint density at radius 2 is 1.94 bits per heavy atom. The van der Waals surface area contributed by atoms with Gasteiger partial charge in [0.05, 0.1) is 4.90 Å². The van der Waals surface area contributed by atoms with Crippen LogP contribution in [0.5, 0.6) is 0 Å². The molecule has 0 radical (unpaired) electrons. The first-order chi connectivity index (χ1) is 7.95. The van der Waals surface area contributed by atoms with E-state index in [1.165, 1.54) is 12.1 Å². The van der Waals surface area contributed by atoms with Crippen LogP contribution in [0.15, 0.2) is 29.2 Å². The van der Waals surface area contributed by atoms with Gasteiger partial charge in [0, 0.05) is 11.7 Å². The molecule has 0 unspecified atom stereocenters. The summed E-state index contributed by atoms with van der Waals surface area (Å²) in [6.45, 7) is 1.87. The molecule has 1 rings (SSSR count). The van der Waals surface area contributed by atoms with E-state index in [-0.39, 0.29) is 10.9 Å². The zero-order valence-electron chi connectivity index (χ0n) is 10.0. The van der Waals surface area contributed by atoms with Crippen molar-refractivity contribution >= 4 is 27.5 Å². The topological polar surface area (TPSA) is 72.2 Å². The molecule has 1 atom stereocenters. The highest BCUT2D eigenvalue weighted by Gasteiger charge is 2.16. The maximum Gasteiger partial charge on any atom is 0.240 e. The molecule has 4 nitrogen and oxygen atoms in total. The van der Waals surface area contributed by atoms with Crippen molar-refractivity contribution in [2.75, 3.05) is 17.7 Å². The van der Waals surface area contributed by atoms with Crippen LogP contribution >= 0.6 is 11.8 Å². The second kappa shape index (κ2) is 6.28. The largest absolute Gasteiger partial charge is 0.399 e. The minimum Gasteiger partial charge on any atom is -0.399 e. The number of nitrogens with two attached hydrogens (primary N) is 1. The molecule has 0 heterocycles. The SMILES string of the molecule is CSCC[C@@H](C)NS(=O)(=O)c1ccc(N)cc1. The summed E-state index contributed by atoms with van der Waals surface area (Å²) in [5, 5.41) is 0. The van der Waals surface area contributed by atoms with Gasteiger partial charge < -0.3 is 5.73 Å². The molecule has 17 heavy (non-hydrogen) atoms. The smallest absolute Gasteiger partial charge is 0.240 e. The minimum atomic E-state index is -3.42. The van der Waals surface area contributed by atoms with Crippen molar-refractivity contribution in [3.63, 3.8) is 0 Å². The highest BCUT2D eigenvalue weighted by molar-refractivity contribution is 7.98. The fourth-order valence-electron chi connectivity index (χ4n) is 1.33. The summed E-state index contributed by atoms with van der Waals surface area (Å²) in [6, 6.07) is 6.13. The predicted octanol–water partition coefficient (Wildman–Crippen LogP) is 1.69. The van der Waals surface area contributed by atoms with Crippen LogP contribution in [0.4, 0.5) is 5.69 Å². The van der Waals surface area contributed by atoms with Crippen molar-refractivity contribution in [2.24, 2.45) is 0 Å². The quantitative estimate of drug-likeness (QED) is 0.774. The van der Waals surface area contributed by atoms with Gasteiger partial charge in [0.1, 0.15) is 0 Å². The zero-order chi connectivity index (χ0) is 12.9. The maximum atomic E-state index is 12.0. The molecular formula is C11H18N2O2S2. The molecule has 0 spiro atoms. The summed E-state index contributed by atoms with van der Waals surface area (Å²) in [5.41, 5.74) is 6.07. The van der Waals surface area contributed by atoms with E-state index < -0.39 is 10.0 Å². The van der Waals surface area contributed by atoms with Crippen LogP contribution in [0.2, 0.25) is 0 Å². The molecule has 0 aliphatic heterocycles. The molecule has 0 aliphatic rings. The fraction of sp³-hybridized carbons (Fsp3) is 0.455. The number of hydrogen-bond donors (Lipinski definition) is 2. The average Bonchev–Trinajstić information content (AvgIpc) is 2.26. The van der Waals surface area contributed by atoms with Gasteiger partial charge in [-0.25, -0.2) is 13.1 Å². The molecule has 0 aromatic heterocycles. The van der Waals surface area contributed by atoms with E-state index in [2.05, 4.69) is 4.72 Å². The Bertz CT molecular complexity index is 443. The first kappa shape index (κ1) is 14.3. The summed E-state index contributed by atoms with van der Waals surface area (Å²) in [5.74, 6) is 0.936. The highest BCUT2D eigenvalue weighted by Crippen LogP contribution is 2.12. The van der Waals surface area contributed by atoms with E-state index in [1.807, 2.05) is 13.2 Å². The Kier molecular flexibility index (Phi) is 5.30. The van der Waals surface area contributed by atoms with E-state index >= 15 is 0 Å². The van der Waals surface area contributed by atoms with E-state index in [4.69, 9.17) is 5.73 Å². The number of nitrogen functional groups attached to an aromatic ring is 1. The molecule has 3 N–H and O–H groups in total. The summed E-state index contributed by atoms with van der Waals surface area (Å²) in [7, 11) is -3.42. The third-order valence-corrected chi connectivity index (χ3v) is 4.55. The molecular weight excluding hydrogens is 256 g/mol. The van der Waals surface area contributed by atoms with Gasteiger partial charge >= 0.3 is 0 Å². The van der Waals surface area contributed by atoms with E-state index in [1.54, 1.807) is 23.9 Å². The van der Waals surface area contributed by atoms with E-state index in [0.29, 0.717) is 5.69 Å². The van der Waals surface area contributed by atoms with Crippen molar-refractivity contribution in [2.45, 2.75) is 24.3 Å². The first-order valence-electron chi connectivity index (χ1n) is 5.32. The monoisotopic (exact) mass is 274 g/mol. The van der Waals surface area contributed by atoms with Gasteiger partial charge in [-0.1, -0.05) is 0 Å². The number of benzene rings is 1. The van der Waals surface area contributed by atoms with Crippen LogP contribution in [0, 0.1) is 0 Å². The van der Waals surface area contributed by atoms with Crippen LogP contribution in [0.3, 0.4) is 0 Å². The molecule has 0 aliphatic carbocycles. The Hall–Kier alpha value is -0.720. The number of nitrogens with one attached hydrogen (secondary N) is 1. The number of hydrogen-bond acceptors (Lipinski definition) is 4. The lowest BCUT2D eigenvalue weighted by atomic mass is 10.3. The summed E-state index contributed by atoms with van der Waals surface area (Å²) in [4.78, 5) is 0.253. The number of thioether (sulfide) groups is 1. The lowest BCUT2D eigenvalue weighted by Crippen LogP contribution is -2.32. The highest BCUT2D eigenvalue weighted by atomic mass is 32.2. The second-order valence-corrected chi connectivity index (χ2v) is 6.57. The molecule has 6 heteroatoms. The molecule has 0 amide bonds. The van der Waals surface area contributed by atoms with Gasteiger partial charge in [-0.2, -0.15) is 11.8 Å². The molecule has 0 fully saturated rings. The molecule has 0 saturated heterocycles. The predicted molar refractivity (Wildman–Crippen MR) is 73.6 cm³/mol. The first-order valence-corrected chi connectivity index (χ1v) is 8.20. The van der Waals surface area contributed by atoms with Crippen molar-refractivity contribution in [1.29, 1.82) is 0 Å². The molecule has 1 aromatic rings. The molecule has 96 valence electrons. The summed E-state index contributed by atoms with van der Waals surface area (Å²) < 4.78 is 26.6. The van der Waals surface area contributed by atoms with Gasteiger partial charge in [-0.05, 0) is 49.6 Å². The minimum absolute atomic E-state index is 0.0648. The lowest BCUT2D eigenvalue weighted by molar-refractivity contribution is 0.557. The van der Waals surface area contributed by atoms with Gasteiger partial charge in [0.25, 0.3) is 0 Å². The van der Waals surface area contributed by atoms with Gasteiger partial charge in [0.2, 0.25) is 10.0 Å². The number of anilines is 1. The Labute approximate surface area is 107 Å². The lowest BCUT2D eigenvalue weighted by Gasteiger charge is -2.13. The number of rotatable bonds is 6. The van der Waals surface area contributed by atoms with Crippen molar-refractivity contribution < 1.29 is 8.42 Å². The third-order valence-electron chi connectivity index (χ3n) is 2.30. The Morgan fingerprint density at radius 1 is 1.35 bits per heavy atom. The number of sulfonamides is 1. The molecule has 0 bridgehead atoms. The standard InChI is InChI=1S/C11H18N2O2S2/c1-9(7-8-16-2)13-17(14,15)11-5-3-10(12)4-6-11/h3-6,9,13H,7-8,12H2,1-2H3/t9-/m1/s1. The molecule has 0 saturated carbocycles. The van der Waals surface area contributed by atoms with Gasteiger partial charge in [0.15, 0.2) is 0 Å². The zero-order valence-corrected chi connectivity index (χ0v) is 11.6. The summed E-state index contributed by atoms with van der Waals surface area (Å²) >= 11 is 1.70. The second-order valence-electron chi connectivity index (χ2n) is 3.87. The normalized spacial score (nSPS) is 13.5.